The Morgan fingerprint density at radius 1 is 1.27 bits per heavy atom. The van der Waals surface area contributed by atoms with Crippen LogP contribution in [0.15, 0.2) is 48.7 Å². The molecule has 1 aliphatic rings. The topological polar surface area (TPSA) is 59.7 Å². The highest BCUT2D eigenvalue weighted by atomic mass is 35.5. The third-order valence-corrected chi connectivity index (χ3v) is 4.87. The number of hydrogen-bond donors (Lipinski definition) is 0. The van der Waals surface area contributed by atoms with E-state index in [4.69, 9.17) is 16.3 Å². The zero-order valence-corrected chi connectivity index (χ0v) is 15.1. The van der Waals surface area contributed by atoms with E-state index in [0.29, 0.717) is 17.3 Å². The number of hydrogen-bond acceptors (Lipinski definition) is 4. The molecular weight excluding hydrogens is 352 g/mol. The van der Waals surface area contributed by atoms with Gasteiger partial charge in [-0.3, -0.25) is 9.20 Å². The van der Waals surface area contributed by atoms with Crippen LogP contribution in [0, 0.1) is 0 Å². The van der Waals surface area contributed by atoms with Crippen LogP contribution in [-0.2, 0) is 4.79 Å². The Balaban J connectivity index is 1.55. The number of nitrogens with zero attached hydrogens (tertiary/aromatic N) is 4. The van der Waals surface area contributed by atoms with Crippen LogP contribution in [0.3, 0.4) is 0 Å². The first-order valence-electron chi connectivity index (χ1n) is 8.66. The van der Waals surface area contributed by atoms with Gasteiger partial charge < -0.3 is 9.64 Å². The van der Waals surface area contributed by atoms with Crippen LogP contribution in [0.4, 0.5) is 0 Å². The molecule has 1 saturated heterocycles. The average Bonchev–Trinajstić information content (AvgIpc) is 3.27. The highest BCUT2D eigenvalue weighted by molar-refractivity contribution is 6.30. The molecule has 2 aromatic heterocycles. The molecule has 7 heteroatoms. The number of benzene rings is 1. The Morgan fingerprint density at radius 2 is 2.15 bits per heavy atom. The van der Waals surface area contributed by atoms with Gasteiger partial charge in [-0.15, -0.1) is 10.2 Å². The van der Waals surface area contributed by atoms with Crippen LogP contribution in [0.5, 0.6) is 5.75 Å². The molecule has 134 valence electrons. The predicted octanol–water partition coefficient (Wildman–Crippen LogP) is 3.51. The van der Waals surface area contributed by atoms with E-state index in [0.717, 1.165) is 24.3 Å². The molecule has 2 atom stereocenters. The van der Waals surface area contributed by atoms with Crippen molar-refractivity contribution in [1.82, 2.24) is 19.5 Å². The van der Waals surface area contributed by atoms with Crippen molar-refractivity contribution >= 4 is 23.2 Å². The van der Waals surface area contributed by atoms with Crippen LogP contribution in [0.25, 0.3) is 5.65 Å². The molecule has 0 aliphatic carbocycles. The minimum absolute atomic E-state index is 0.0554. The van der Waals surface area contributed by atoms with Gasteiger partial charge in [0.25, 0.3) is 5.91 Å². The monoisotopic (exact) mass is 370 g/mol. The Bertz CT molecular complexity index is 942. The van der Waals surface area contributed by atoms with E-state index < -0.39 is 6.10 Å². The summed E-state index contributed by atoms with van der Waals surface area (Å²) in [5, 5.41) is 9.11. The van der Waals surface area contributed by atoms with E-state index >= 15 is 0 Å². The highest BCUT2D eigenvalue weighted by Gasteiger charge is 2.35. The first kappa shape index (κ1) is 16.8. The van der Waals surface area contributed by atoms with Crippen molar-refractivity contribution in [2.45, 2.75) is 31.9 Å². The van der Waals surface area contributed by atoms with Gasteiger partial charge in [0.1, 0.15) is 5.75 Å². The first-order chi connectivity index (χ1) is 12.6. The summed E-state index contributed by atoms with van der Waals surface area (Å²) in [5.41, 5.74) is 0.782. The number of fused-ring (bicyclic) bond motifs is 1. The molecule has 0 N–H and O–H groups in total. The van der Waals surface area contributed by atoms with Crippen molar-refractivity contribution in [1.29, 1.82) is 0 Å². The van der Waals surface area contributed by atoms with Crippen LogP contribution in [-0.4, -0.2) is 38.1 Å². The van der Waals surface area contributed by atoms with Crippen molar-refractivity contribution < 1.29 is 9.53 Å². The van der Waals surface area contributed by atoms with E-state index in [2.05, 4.69) is 10.2 Å². The maximum atomic E-state index is 13.0. The third-order valence-electron chi connectivity index (χ3n) is 4.63. The van der Waals surface area contributed by atoms with Gasteiger partial charge in [-0.1, -0.05) is 23.7 Å². The lowest BCUT2D eigenvalue weighted by atomic mass is 10.2. The molecule has 1 fully saturated rings. The molecular formula is C19H19ClN4O2. The smallest absolute Gasteiger partial charge is 0.263 e. The fourth-order valence-electron chi connectivity index (χ4n) is 3.41. The number of likely N-dealkylation sites (tertiary alicyclic amines) is 1. The summed E-state index contributed by atoms with van der Waals surface area (Å²) in [6, 6.07) is 12.7. The molecule has 1 aromatic carbocycles. The third kappa shape index (κ3) is 3.12. The summed E-state index contributed by atoms with van der Waals surface area (Å²) in [5.74, 6) is 1.32. The second-order valence-corrected chi connectivity index (χ2v) is 6.83. The Morgan fingerprint density at radius 3 is 3.00 bits per heavy atom. The minimum Gasteiger partial charge on any atom is -0.481 e. The fraction of sp³-hybridized carbons (Fsp3) is 0.316. The number of carbonyl (C=O) groups is 1. The van der Waals surface area contributed by atoms with Crippen molar-refractivity contribution in [3.8, 4) is 5.75 Å². The fourth-order valence-corrected chi connectivity index (χ4v) is 3.59. The van der Waals surface area contributed by atoms with E-state index in [1.54, 1.807) is 31.2 Å². The van der Waals surface area contributed by atoms with E-state index in [1.165, 1.54) is 0 Å². The molecule has 26 heavy (non-hydrogen) atoms. The Labute approximate surface area is 156 Å². The van der Waals surface area contributed by atoms with Gasteiger partial charge in [-0.05, 0) is 50.1 Å². The second kappa shape index (κ2) is 6.96. The number of carbonyl (C=O) groups excluding carboxylic acids is 1. The summed E-state index contributed by atoms with van der Waals surface area (Å²) in [4.78, 5) is 14.8. The second-order valence-electron chi connectivity index (χ2n) is 6.39. The molecule has 1 aliphatic heterocycles. The van der Waals surface area contributed by atoms with Crippen molar-refractivity contribution in [2.75, 3.05) is 6.54 Å². The van der Waals surface area contributed by atoms with E-state index in [9.17, 15) is 4.79 Å². The lowest BCUT2D eigenvalue weighted by Crippen LogP contribution is -2.40. The normalized spacial score (nSPS) is 18.2. The number of ether oxygens (including phenoxy) is 1. The minimum atomic E-state index is -0.603. The van der Waals surface area contributed by atoms with Crippen molar-refractivity contribution in [3.05, 3.63) is 59.5 Å². The van der Waals surface area contributed by atoms with Gasteiger partial charge in [0, 0.05) is 17.8 Å². The summed E-state index contributed by atoms with van der Waals surface area (Å²) in [7, 11) is 0. The quantitative estimate of drug-likeness (QED) is 0.705. The van der Waals surface area contributed by atoms with Gasteiger partial charge in [0.15, 0.2) is 17.6 Å². The molecule has 1 amide bonds. The molecule has 2 unspecified atom stereocenters. The maximum Gasteiger partial charge on any atom is 0.263 e. The largest absolute Gasteiger partial charge is 0.481 e. The Hall–Kier alpha value is -2.60. The SMILES string of the molecule is CC(Oc1cccc(Cl)c1)C(=O)N1CCCC1c1nnc2ccccn12. The van der Waals surface area contributed by atoms with Crippen molar-refractivity contribution in [3.63, 3.8) is 0 Å². The number of halogens is 1. The average molecular weight is 371 g/mol. The van der Waals surface area contributed by atoms with Crippen LogP contribution in [0.1, 0.15) is 31.6 Å². The maximum absolute atomic E-state index is 13.0. The lowest BCUT2D eigenvalue weighted by molar-refractivity contribution is -0.139. The number of pyridine rings is 1. The zero-order chi connectivity index (χ0) is 18.1. The highest BCUT2D eigenvalue weighted by Crippen LogP contribution is 2.32. The standard InChI is InChI=1S/C19H19ClN4O2/c1-13(26-15-7-4-6-14(20)12-15)19(25)23-11-5-8-16(23)18-22-21-17-9-2-3-10-24(17)18/h2-4,6-7,9-10,12-13,16H,5,8,11H2,1H3. The van der Waals surface area contributed by atoms with E-state index in [-0.39, 0.29) is 11.9 Å². The molecule has 0 bridgehead atoms. The molecule has 0 spiro atoms. The molecule has 0 saturated carbocycles. The summed E-state index contributed by atoms with van der Waals surface area (Å²) in [6.45, 7) is 2.45. The Kier molecular flexibility index (Phi) is 4.51. The number of aromatic nitrogens is 3. The number of rotatable bonds is 4. The van der Waals surface area contributed by atoms with Crippen LogP contribution in [0.2, 0.25) is 5.02 Å². The van der Waals surface area contributed by atoms with Crippen LogP contribution >= 0.6 is 11.6 Å². The van der Waals surface area contributed by atoms with Gasteiger partial charge in [-0.2, -0.15) is 0 Å². The van der Waals surface area contributed by atoms with Gasteiger partial charge in [0.05, 0.1) is 6.04 Å². The van der Waals surface area contributed by atoms with E-state index in [1.807, 2.05) is 33.7 Å². The van der Waals surface area contributed by atoms with Gasteiger partial charge >= 0.3 is 0 Å². The predicted molar refractivity (Wildman–Crippen MR) is 98.2 cm³/mol. The molecule has 3 heterocycles. The number of amides is 1. The summed E-state index contributed by atoms with van der Waals surface area (Å²) in [6.07, 6.45) is 3.12. The zero-order valence-electron chi connectivity index (χ0n) is 14.4. The molecule has 3 aromatic rings. The van der Waals surface area contributed by atoms with Crippen molar-refractivity contribution in [2.24, 2.45) is 0 Å². The molecule has 6 nitrogen and oxygen atoms in total. The summed E-state index contributed by atoms with van der Waals surface area (Å²) < 4.78 is 7.75. The lowest BCUT2D eigenvalue weighted by Gasteiger charge is -2.26. The molecule has 0 radical (unpaired) electrons. The molecule has 4 rings (SSSR count). The van der Waals surface area contributed by atoms with Gasteiger partial charge in [-0.25, -0.2) is 0 Å². The summed E-state index contributed by atoms with van der Waals surface area (Å²) >= 11 is 5.99. The first-order valence-corrected chi connectivity index (χ1v) is 9.03. The van der Waals surface area contributed by atoms with Crippen LogP contribution < -0.4 is 4.74 Å². The van der Waals surface area contributed by atoms with Gasteiger partial charge in [0.2, 0.25) is 0 Å².